The summed E-state index contributed by atoms with van der Waals surface area (Å²) in [6.07, 6.45) is 0. The standard InChI is InChI=1S/C18H18Cl2N2O.ClH/c19-16-8-4-7-14(17(16)20)18(23)22-10-13(9-21)15(11-22)12-5-2-1-3-6-12;/h1-8,13,15H,9-11,21H2;1H/t13-,15+;/m1./s1. The van der Waals surface area contributed by atoms with Gasteiger partial charge in [0.05, 0.1) is 15.6 Å². The molecule has 0 bridgehead atoms. The van der Waals surface area contributed by atoms with E-state index in [2.05, 4.69) is 12.1 Å². The van der Waals surface area contributed by atoms with E-state index in [1.165, 1.54) is 5.56 Å². The number of hydrogen-bond donors (Lipinski definition) is 1. The molecule has 128 valence electrons. The Balaban J connectivity index is 0.00000208. The number of benzene rings is 2. The second-order valence-electron chi connectivity index (χ2n) is 5.82. The lowest BCUT2D eigenvalue weighted by Gasteiger charge is -2.17. The van der Waals surface area contributed by atoms with E-state index in [-0.39, 0.29) is 30.2 Å². The van der Waals surface area contributed by atoms with E-state index < -0.39 is 0 Å². The summed E-state index contributed by atoms with van der Waals surface area (Å²) in [5, 5.41) is 0.707. The lowest BCUT2D eigenvalue weighted by Crippen LogP contribution is -2.30. The number of likely N-dealkylation sites (tertiary alicyclic amines) is 1. The van der Waals surface area contributed by atoms with Crippen molar-refractivity contribution in [2.75, 3.05) is 19.6 Å². The first-order valence-corrected chi connectivity index (χ1v) is 8.35. The van der Waals surface area contributed by atoms with Crippen LogP contribution in [0.1, 0.15) is 21.8 Å². The lowest BCUT2D eigenvalue weighted by atomic mass is 9.89. The predicted octanol–water partition coefficient (Wildman–Crippen LogP) is 4.23. The molecule has 3 rings (SSSR count). The van der Waals surface area contributed by atoms with Crippen molar-refractivity contribution in [3.8, 4) is 0 Å². The average molecular weight is 386 g/mol. The van der Waals surface area contributed by atoms with Gasteiger partial charge in [-0.15, -0.1) is 12.4 Å². The summed E-state index contributed by atoms with van der Waals surface area (Å²) in [5.74, 6) is 0.414. The Bertz CT molecular complexity index is 709. The Morgan fingerprint density at radius 1 is 1.08 bits per heavy atom. The molecule has 2 aromatic rings. The van der Waals surface area contributed by atoms with E-state index in [0.29, 0.717) is 35.2 Å². The van der Waals surface area contributed by atoms with Gasteiger partial charge in [-0.2, -0.15) is 0 Å². The second kappa shape index (κ2) is 8.21. The third-order valence-corrected chi connectivity index (χ3v) is 5.26. The molecule has 24 heavy (non-hydrogen) atoms. The van der Waals surface area contributed by atoms with Crippen LogP contribution in [0, 0.1) is 5.92 Å². The number of carbonyl (C=O) groups excluding carboxylic acids is 1. The van der Waals surface area contributed by atoms with Crippen molar-refractivity contribution in [2.24, 2.45) is 11.7 Å². The zero-order valence-corrected chi connectivity index (χ0v) is 15.3. The smallest absolute Gasteiger partial charge is 0.255 e. The van der Waals surface area contributed by atoms with Gasteiger partial charge in [0.15, 0.2) is 0 Å². The zero-order chi connectivity index (χ0) is 16.4. The van der Waals surface area contributed by atoms with Crippen molar-refractivity contribution in [2.45, 2.75) is 5.92 Å². The van der Waals surface area contributed by atoms with Gasteiger partial charge in [-0.1, -0.05) is 59.6 Å². The van der Waals surface area contributed by atoms with Gasteiger partial charge in [0.1, 0.15) is 0 Å². The highest BCUT2D eigenvalue weighted by molar-refractivity contribution is 6.43. The van der Waals surface area contributed by atoms with E-state index in [1.807, 2.05) is 23.1 Å². The van der Waals surface area contributed by atoms with Crippen LogP contribution in [0.3, 0.4) is 0 Å². The Morgan fingerprint density at radius 2 is 1.79 bits per heavy atom. The predicted molar refractivity (Wildman–Crippen MR) is 101 cm³/mol. The molecule has 1 fully saturated rings. The average Bonchev–Trinajstić information content (AvgIpc) is 3.02. The lowest BCUT2D eigenvalue weighted by molar-refractivity contribution is 0.0786. The van der Waals surface area contributed by atoms with Crippen molar-refractivity contribution < 1.29 is 4.79 Å². The normalized spacial score (nSPS) is 19.9. The third kappa shape index (κ3) is 3.70. The van der Waals surface area contributed by atoms with Crippen LogP contribution < -0.4 is 5.73 Å². The van der Waals surface area contributed by atoms with Crippen molar-refractivity contribution in [1.82, 2.24) is 4.90 Å². The first kappa shape index (κ1) is 19.1. The number of amides is 1. The molecular formula is C18H19Cl3N2O. The number of rotatable bonds is 3. The van der Waals surface area contributed by atoms with E-state index in [9.17, 15) is 4.79 Å². The molecule has 1 amide bonds. The fourth-order valence-electron chi connectivity index (χ4n) is 3.19. The fraction of sp³-hybridized carbons (Fsp3) is 0.278. The largest absolute Gasteiger partial charge is 0.338 e. The monoisotopic (exact) mass is 384 g/mol. The Kier molecular flexibility index (Phi) is 6.53. The summed E-state index contributed by atoms with van der Waals surface area (Å²) >= 11 is 12.2. The van der Waals surface area contributed by atoms with Crippen molar-refractivity contribution in [3.05, 3.63) is 69.7 Å². The highest BCUT2D eigenvalue weighted by atomic mass is 35.5. The maximum absolute atomic E-state index is 12.8. The molecule has 0 saturated carbocycles. The minimum Gasteiger partial charge on any atom is -0.338 e. The molecule has 0 aliphatic carbocycles. The van der Waals surface area contributed by atoms with Crippen LogP contribution >= 0.6 is 35.6 Å². The van der Waals surface area contributed by atoms with E-state index in [1.54, 1.807) is 18.2 Å². The van der Waals surface area contributed by atoms with Crippen molar-refractivity contribution in [1.29, 1.82) is 0 Å². The summed E-state index contributed by atoms with van der Waals surface area (Å²) in [6.45, 7) is 1.83. The van der Waals surface area contributed by atoms with Crippen LogP contribution in [0.25, 0.3) is 0 Å². The number of halogens is 3. The van der Waals surface area contributed by atoms with Crippen LogP contribution in [0.15, 0.2) is 48.5 Å². The van der Waals surface area contributed by atoms with E-state index in [4.69, 9.17) is 28.9 Å². The number of nitrogens with two attached hydrogens (primary N) is 1. The number of nitrogens with zero attached hydrogens (tertiary/aromatic N) is 1. The summed E-state index contributed by atoms with van der Waals surface area (Å²) in [6, 6.07) is 15.3. The Hall–Kier alpha value is -1.26. The second-order valence-corrected chi connectivity index (χ2v) is 6.61. The molecule has 1 heterocycles. The SMILES string of the molecule is Cl.NC[C@@H]1CN(C(=O)c2cccc(Cl)c2Cl)C[C@H]1c1ccccc1. The van der Waals surface area contributed by atoms with Crippen LogP contribution in [0.5, 0.6) is 0 Å². The van der Waals surface area contributed by atoms with Gasteiger partial charge in [-0.05, 0) is 30.2 Å². The molecule has 2 atom stereocenters. The molecule has 0 unspecified atom stereocenters. The van der Waals surface area contributed by atoms with Crippen LogP contribution in [0.4, 0.5) is 0 Å². The maximum Gasteiger partial charge on any atom is 0.255 e. The first-order chi connectivity index (χ1) is 11.1. The molecule has 1 aliphatic heterocycles. The van der Waals surface area contributed by atoms with Gasteiger partial charge in [0, 0.05) is 19.0 Å². The summed E-state index contributed by atoms with van der Waals surface area (Å²) in [5.41, 5.74) is 7.60. The molecule has 3 nitrogen and oxygen atoms in total. The van der Waals surface area contributed by atoms with Crippen LogP contribution in [-0.2, 0) is 0 Å². The van der Waals surface area contributed by atoms with Crippen molar-refractivity contribution in [3.63, 3.8) is 0 Å². The molecule has 6 heteroatoms. The van der Waals surface area contributed by atoms with Crippen LogP contribution in [0.2, 0.25) is 10.0 Å². The van der Waals surface area contributed by atoms with Gasteiger partial charge < -0.3 is 10.6 Å². The van der Waals surface area contributed by atoms with E-state index in [0.717, 1.165) is 0 Å². The molecule has 0 aromatic heterocycles. The molecule has 2 aromatic carbocycles. The van der Waals surface area contributed by atoms with Crippen LogP contribution in [-0.4, -0.2) is 30.4 Å². The highest BCUT2D eigenvalue weighted by Crippen LogP contribution is 2.34. The van der Waals surface area contributed by atoms with E-state index >= 15 is 0 Å². The molecular weight excluding hydrogens is 367 g/mol. The van der Waals surface area contributed by atoms with Crippen molar-refractivity contribution >= 4 is 41.5 Å². The quantitative estimate of drug-likeness (QED) is 0.859. The molecule has 2 N–H and O–H groups in total. The zero-order valence-electron chi connectivity index (χ0n) is 13.0. The first-order valence-electron chi connectivity index (χ1n) is 7.60. The minimum absolute atomic E-state index is 0. The minimum atomic E-state index is -0.0885. The molecule has 1 aliphatic rings. The maximum atomic E-state index is 12.8. The summed E-state index contributed by atoms with van der Waals surface area (Å²) in [4.78, 5) is 14.6. The molecule has 0 spiro atoms. The molecule has 1 saturated heterocycles. The van der Waals surface area contributed by atoms with Gasteiger partial charge in [0.25, 0.3) is 5.91 Å². The van der Waals surface area contributed by atoms with Gasteiger partial charge in [-0.25, -0.2) is 0 Å². The number of carbonyl (C=O) groups is 1. The number of hydrogen-bond acceptors (Lipinski definition) is 2. The topological polar surface area (TPSA) is 46.3 Å². The van der Waals surface area contributed by atoms with Gasteiger partial charge in [0.2, 0.25) is 0 Å². The Labute approximate surface area is 158 Å². The molecule has 0 radical (unpaired) electrons. The Morgan fingerprint density at radius 3 is 2.46 bits per heavy atom. The highest BCUT2D eigenvalue weighted by Gasteiger charge is 2.36. The van der Waals surface area contributed by atoms with Gasteiger partial charge in [-0.3, -0.25) is 4.79 Å². The summed E-state index contributed by atoms with van der Waals surface area (Å²) in [7, 11) is 0. The fourth-order valence-corrected chi connectivity index (χ4v) is 3.57. The summed E-state index contributed by atoms with van der Waals surface area (Å²) < 4.78 is 0. The third-order valence-electron chi connectivity index (χ3n) is 4.44. The van der Waals surface area contributed by atoms with Gasteiger partial charge >= 0.3 is 0 Å².